The summed E-state index contributed by atoms with van der Waals surface area (Å²) in [5, 5.41) is 1.20. The van der Waals surface area contributed by atoms with E-state index in [0.29, 0.717) is 18.3 Å². The minimum absolute atomic E-state index is 0.259. The molecule has 0 radical (unpaired) electrons. The molecule has 2 aromatic heterocycles. The van der Waals surface area contributed by atoms with Crippen molar-refractivity contribution in [2.75, 3.05) is 26.7 Å². The zero-order valence-corrected chi connectivity index (χ0v) is 19.0. The third-order valence-electron chi connectivity index (χ3n) is 6.58. The Bertz CT molecular complexity index is 1010. The Morgan fingerprint density at radius 1 is 1.26 bits per heavy atom. The molecule has 0 spiro atoms. The minimum atomic E-state index is 0.259. The van der Waals surface area contributed by atoms with Crippen LogP contribution in [-0.2, 0) is 11.3 Å². The van der Waals surface area contributed by atoms with Gasteiger partial charge in [-0.2, -0.15) is 0 Å². The highest BCUT2D eigenvalue weighted by Gasteiger charge is 2.28. The molecule has 3 aromatic rings. The molecule has 1 saturated heterocycles. The van der Waals surface area contributed by atoms with Crippen LogP contribution in [0.15, 0.2) is 48.7 Å². The fraction of sp³-hybridized carbons (Fsp3) is 0.462. The molecule has 0 saturated carbocycles. The average molecular weight is 419 g/mol. The number of hydrogen-bond donors (Lipinski definition) is 1. The number of nitrogens with zero attached hydrogens (tertiary/aromatic N) is 3. The summed E-state index contributed by atoms with van der Waals surface area (Å²) in [5.41, 5.74) is 4.93. The maximum Gasteiger partial charge on any atom is 0.222 e. The smallest absolute Gasteiger partial charge is 0.222 e. The summed E-state index contributed by atoms with van der Waals surface area (Å²) < 4.78 is 0. The van der Waals surface area contributed by atoms with Crippen molar-refractivity contribution in [2.24, 2.45) is 0 Å². The van der Waals surface area contributed by atoms with Crippen molar-refractivity contribution in [3.05, 3.63) is 65.5 Å². The molecule has 1 aliphatic heterocycles. The third-order valence-corrected chi connectivity index (χ3v) is 6.58. The summed E-state index contributed by atoms with van der Waals surface area (Å²) in [6.07, 6.45) is 4.59. The summed E-state index contributed by atoms with van der Waals surface area (Å²) in [4.78, 5) is 25.0. The van der Waals surface area contributed by atoms with Crippen molar-refractivity contribution in [1.29, 1.82) is 0 Å². The molecule has 5 heteroatoms. The van der Waals surface area contributed by atoms with Gasteiger partial charge in [-0.15, -0.1) is 0 Å². The molecular formula is C26H34N4O. The molecule has 164 valence electrons. The molecule has 31 heavy (non-hydrogen) atoms. The number of benzene rings is 1. The Hall–Kier alpha value is -2.66. The SMILES string of the molecule is CCC(=O)N1CCC[C@H](c2[nH]c3ncccc3c2CN(C)C[C@H](C)c2ccccc2)C1. The van der Waals surface area contributed by atoms with E-state index in [1.165, 1.54) is 22.2 Å². The van der Waals surface area contributed by atoms with E-state index < -0.39 is 0 Å². The normalized spacial score (nSPS) is 17.9. The zero-order valence-electron chi connectivity index (χ0n) is 19.0. The third kappa shape index (κ3) is 4.82. The van der Waals surface area contributed by atoms with E-state index in [4.69, 9.17) is 0 Å². The Kier molecular flexibility index (Phi) is 6.71. The number of likely N-dealkylation sites (N-methyl/N-ethyl adjacent to an activating group) is 1. The topological polar surface area (TPSA) is 52.2 Å². The van der Waals surface area contributed by atoms with Crippen LogP contribution in [0.25, 0.3) is 11.0 Å². The maximum atomic E-state index is 12.3. The summed E-state index contributed by atoms with van der Waals surface area (Å²) >= 11 is 0. The van der Waals surface area contributed by atoms with E-state index in [1.54, 1.807) is 0 Å². The number of aromatic nitrogens is 2. The predicted molar refractivity (Wildman–Crippen MR) is 126 cm³/mol. The molecule has 0 aliphatic carbocycles. The lowest BCUT2D eigenvalue weighted by atomic mass is 9.91. The van der Waals surface area contributed by atoms with Gasteiger partial charge in [-0.3, -0.25) is 4.79 Å². The molecule has 5 nitrogen and oxygen atoms in total. The number of fused-ring (bicyclic) bond motifs is 1. The van der Waals surface area contributed by atoms with Crippen LogP contribution in [0, 0.1) is 0 Å². The first-order chi connectivity index (χ1) is 15.1. The van der Waals surface area contributed by atoms with Gasteiger partial charge in [0.25, 0.3) is 0 Å². The molecular weight excluding hydrogens is 384 g/mol. The first kappa shape index (κ1) is 21.6. The number of piperidine rings is 1. The Morgan fingerprint density at radius 2 is 2.06 bits per heavy atom. The van der Waals surface area contributed by atoms with Crippen molar-refractivity contribution in [1.82, 2.24) is 19.8 Å². The van der Waals surface area contributed by atoms with E-state index in [0.717, 1.165) is 44.7 Å². The van der Waals surface area contributed by atoms with Crippen LogP contribution in [-0.4, -0.2) is 52.4 Å². The summed E-state index contributed by atoms with van der Waals surface area (Å²) in [6.45, 7) is 7.78. The van der Waals surface area contributed by atoms with Gasteiger partial charge < -0.3 is 14.8 Å². The molecule has 3 heterocycles. The standard InChI is InChI=1S/C26H34N4O/c1-4-24(31)30-15-9-12-21(17-30)25-23(22-13-8-14-27-26(22)28-25)18-29(3)16-19(2)20-10-6-5-7-11-20/h5-8,10-11,13-14,19,21H,4,9,12,15-18H2,1-3H3,(H,27,28)/t19-,21-/m0/s1. The quantitative estimate of drug-likeness (QED) is 0.593. The number of amides is 1. The van der Waals surface area contributed by atoms with Crippen LogP contribution >= 0.6 is 0 Å². The number of carbonyl (C=O) groups is 1. The Morgan fingerprint density at radius 3 is 2.84 bits per heavy atom. The highest BCUT2D eigenvalue weighted by molar-refractivity contribution is 5.81. The van der Waals surface area contributed by atoms with Gasteiger partial charge in [0.1, 0.15) is 5.65 Å². The highest BCUT2D eigenvalue weighted by atomic mass is 16.2. The summed E-state index contributed by atoms with van der Waals surface area (Å²) in [7, 11) is 2.20. The van der Waals surface area contributed by atoms with E-state index in [2.05, 4.69) is 65.2 Å². The zero-order chi connectivity index (χ0) is 21.8. The van der Waals surface area contributed by atoms with Crippen molar-refractivity contribution >= 4 is 16.9 Å². The lowest BCUT2D eigenvalue weighted by molar-refractivity contribution is -0.132. The van der Waals surface area contributed by atoms with Gasteiger partial charge in [-0.25, -0.2) is 4.98 Å². The van der Waals surface area contributed by atoms with E-state index in [9.17, 15) is 4.79 Å². The van der Waals surface area contributed by atoms with Gasteiger partial charge in [0.2, 0.25) is 5.91 Å². The number of H-pyrrole nitrogens is 1. The first-order valence-corrected chi connectivity index (χ1v) is 11.5. The summed E-state index contributed by atoms with van der Waals surface area (Å²) in [6, 6.07) is 14.9. The second kappa shape index (κ2) is 9.65. The van der Waals surface area contributed by atoms with Gasteiger partial charge in [0, 0.05) is 55.8 Å². The molecule has 2 atom stereocenters. The van der Waals surface area contributed by atoms with Crippen LogP contribution in [0.5, 0.6) is 0 Å². The average Bonchev–Trinajstić information content (AvgIpc) is 3.17. The van der Waals surface area contributed by atoms with Gasteiger partial charge in [-0.05, 0) is 49.1 Å². The highest BCUT2D eigenvalue weighted by Crippen LogP contribution is 2.33. The second-order valence-electron chi connectivity index (χ2n) is 8.96. The molecule has 1 aliphatic rings. The van der Waals surface area contributed by atoms with E-state index in [-0.39, 0.29) is 5.91 Å². The molecule has 1 N–H and O–H groups in total. The van der Waals surface area contributed by atoms with Gasteiger partial charge >= 0.3 is 0 Å². The van der Waals surface area contributed by atoms with Gasteiger partial charge in [0.15, 0.2) is 0 Å². The van der Waals surface area contributed by atoms with Gasteiger partial charge in [-0.1, -0.05) is 44.2 Å². The van der Waals surface area contributed by atoms with Crippen LogP contribution in [0.1, 0.15) is 61.8 Å². The fourth-order valence-electron chi connectivity index (χ4n) is 4.97. The molecule has 1 aromatic carbocycles. The molecule has 1 fully saturated rings. The second-order valence-corrected chi connectivity index (χ2v) is 8.96. The number of hydrogen-bond acceptors (Lipinski definition) is 3. The summed E-state index contributed by atoms with van der Waals surface area (Å²) in [5.74, 6) is 1.06. The number of likely N-dealkylation sites (tertiary alicyclic amines) is 1. The monoisotopic (exact) mass is 418 g/mol. The molecule has 0 unspecified atom stereocenters. The number of rotatable bonds is 7. The number of pyridine rings is 1. The lowest BCUT2D eigenvalue weighted by Gasteiger charge is -2.33. The van der Waals surface area contributed by atoms with Crippen LogP contribution in [0.3, 0.4) is 0 Å². The molecule has 4 rings (SSSR count). The Balaban J connectivity index is 1.57. The number of carbonyl (C=O) groups excluding carboxylic acids is 1. The van der Waals surface area contributed by atoms with E-state index >= 15 is 0 Å². The van der Waals surface area contributed by atoms with E-state index in [1.807, 2.05) is 24.1 Å². The maximum absolute atomic E-state index is 12.3. The largest absolute Gasteiger partial charge is 0.343 e. The first-order valence-electron chi connectivity index (χ1n) is 11.5. The molecule has 0 bridgehead atoms. The van der Waals surface area contributed by atoms with Crippen LogP contribution in [0.2, 0.25) is 0 Å². The van der Waals surface area contributed by atoms with Crippen LogP contribution < -0.4 is 0 Å². The number of nitrogens with one attached hydrogen (secondary N) is 1. The minimum Gasteiger partial charge on any atom is -0.343 e. The van der Waals surface area contributed by atoms with Crippen LogP contribution in [0.4, 0.5) is 0 Å². The van der Waals surface area contributed by atoms with Crippen molar-refractivity contribution in [2.45, 2.75) is 51.5 Å². The number of aromatic amines is 1. The van der Waals surface area contributed by atoms with Crippen molar-refractivity contribution in [3.8, 4) is 0 Å². The van der Waals surface area contributed by atoms with Crippen molar-refractivity contribution in [3.63, 3.8) is 0 Å². The molecule has 1 amide bonds. The van der Waals surface area contributed by atoms with Gasteiger partial charge in [0.05, 0.1) is 0 Å². The predicted octanol–water partition coefficient (Wildman–Crippen LogP) is 4.91. The lowest BCUT2D eigenvalue weighted by Crippen LogP contribution is -2.39. The Labute approximate surface area is 185 Å². The van der Waals surface area contributed by atoms with Crippen molar-refractivity contribution < 1.29 is 4.79 Å². The fourth-order valence-corrected chi connectivity index (χ4v) is 4.97.